The van der Waals surface area contributed by atoms with Crippen molar-refractivity contribution in [2.75, 3.05) is 6.26 Å². The Kier molecular flexibility index (Phi) is 4.97. The van der Waals surface area contributed by atoms with Crippen molar-refractivity contribution in [2.24, 2.45) is 0 Å². The molecule has 0 spiro atoms. The van der Waals surface area contributed by atoms with Crippen molar-refractivity contribution in [3.8, 4) is 0 Å². The fourth-order valence-corrected chi connectivity index (χ4v) is 2.83. The molecule has 0 fully saturated rings. The van der Waals surface area contributed by atoms with Gasteiger partial charge in [0.25, 0.3) is 0 Å². The molecular formula is C14H9ClF5NS. The van der Waals surface area contributed by atoms with Crippen LogP contribution in [-0.4, -0.2) is 11.2 Å². The summed E-state index contributed by atoms with van der Waals surface area (Å²) in [4.78, 5) is 4.24. The Labute approximate surface area is 132 Å². The van der Waals surface area contributed by atoms with Crippen LogP contribution in [-0.2, 0) is 6.18 Å². The van der Waals surface area contributed by atoms with E-state index in [1.165, 1.54) is 24.2 Å². The van der Waals surface area contributed by atoms with Crippen LogP contribution in [0.4, 0.5) is 22.0 Å². The van der Waals surface area contributed by atoms with Crippen LogP contribution >= 0.6 is 23.4 Å². The number of pyridine rings is 1. The maximum atomic E-state index is 14.6. The summed E-state index contributed by atoms with van der Waals surface area (Å²) >= 11 is 7.09. The van der Waals surface area contributed by atoms with E-state index in [-0.39, 0.29) is 16.1 Å². The molecule has 1 aromatic heterocycles. The summed E-state index contributed by atoms with van der Waals surface area (Å²) < 4.78 is 65.7. The summed E-state index contributed by atoms with van der Waals surface area (Å²) in [5, 5.41) is 0.0275. The number of alkyl halides is 4. The molecule has 2 aromatic rings. The van der Waals surface area contributed by atoms with Crippen LogP contribution in [0, 0.1) is 5.82 Å². The Balaban J connectivity index is 2.47. The second kappa shape index (κ2) is 6.42. The zero-order valence-corrected chi connectivity index (χ0v) is 12.7. The fraction of sp³-hybridized carbons (Fsp3) is 0.214. The molecule has 0 aliphatic heterocycles. The highest BCUT2D eigenvalue weighted by molar-refractivity contribution is 7.98. The van der Waals surface area contributed by atoms with Gasteiger partial charge in [-0.2, -0.15) is 13.2 Å². The molecule has 0 aliphatic carbocycles. The minimum atomic E-state index is -4.83. The maximum Gasteiger partial charge on any atom is 0.419 e. The van der Waals surface area contributed by atoms with Gasteiger partial charge in [0.1, 0.15) is 5.82 Å². The lowest BCUT2D eigenvalue weighted by Crippen LogP contribution is -2.09. The number of nitrogens with zero attached hydrogens (tertiary/aromatic N) is 1. The lowest BCUT2D eigenvalue weighted by molar-refractivity contribution is -0.140. The van der Waals surface area contributed by atoms with E-state index in [1.807, 2.05) is 0 Å². The summed E-state index contributed by atoms with van der Waals surface area (Å²) in [5.74, 6) is -1.52. The molecular weight excluding hydrogens is 345 g/mol. The Morgan fingerprint density at radius 1 is 1.23 bits per heavy atom. The van der Waals surface area contributed by atoms with Gasteiger partial charge in [-0.15, -0.1) is 11.8 Å². The normalized spacial score (nSPS) is 13.2. The molecule has 118 valence electrons. The predicted octanol–water partition coefficient (Wildman–Crippen LogP) is 5.67. The van der Waals surface area contributed by atoms with Crippen molar-refractivity contribution in [3.63, 3.8) is 0 Å². The van der Waals surface area contributed by atoms with Gasteiger partial charge < -0.3 is 0 Å². The van der Waals surface area contributed by atoms with E-state index in [1.54, 1.807) is 6.26 Å². The number of benzene rings is 1. The summed E-state index contributed by atoms with van der Waals surface area (Å²) in [5.41, 5.74) is -1.62. The fourth-order valence-electron chi connectivity index (χ4n) is 1.92. The van der Waals surface area contributed by atoms with E-state index in [2.05, 4.69) is 4.98 Å². The molecule has 8 heteroatoms. The number of aromatic nitrogens is 1. The van der Waals surface area contributed by atoms with Crippen molar-refractivity contribution in [3.05, 3.63) is 58.1 Å². The third kappa shape index (κ3) is 3.35. The quantitative estimate of drug-likeness (QED) is 0.520. The van der Waals surface area contributed by atoms with E-state index in [4.69, 9.17) is 11.6 Å². The molecule has 1 nitrogen and oxygen atoms in total. The Bertz CT molecular complexity index is 689. The minimum Gasteiger partial charge on any atom is -0.262 e. The summed E-state index contributed by atoms with van der Waals surface area (Å²) in [6.07, 6.45) is -2.39. The number of rotatable bonds is 3. The third-order valence-electron chi connectivity index (χ3n) is 2.97. The lowest BCUT2D eigenvalue weighted by atomic mass is 10.0. The molecule has 1 unspecified atom stereocenters. The van der Waals surface area contributed by atoms with E-state index in [9.17, 15) is 22.0 Å². The highest BCUT2D eigenvalue weighted by Crippen LogP contribution is 2.39. The van der Waals surface area contributed by atoms with Crippen LogP contribution in [0.2, 0.25) is 5.02 Å². The van der Waals surface area contributed by atoms with Gasteiger partial charge in [-0.05, 0) is 24.0 Å². The van der Waals surface area contributed by atoms with Gasteiger partial charge in [0.2, 0.25) is 0 Å². The van der Waals surface area contributed by atoms with Gasteiger partial charge in [-0.25, -0.2) is 8.78 Å². The largest absolute Gasteiger partial charge is 0.419 e. The zero-order valence-electron chi connectivity index (χ0n) is 11.1. The van der Waals surface area contributed by atoms with Gasteiger partial charge in [0.15, 0.2) is 6.17 Å². The van der Waals surface area contributed by atoms with Crippen LogP contribution in [0.25, 0.3) is 0 Å². The molecule has 0 N–H and O–H groups in total. The third-order valence-corrected chi connectivity index (χ3v) is 4.03. The van der Waals surface area contributed by atoms with Crippen molar-refractivity contribution in [1.82, 2.24) is 4.98 Å². The topological polar surface area (TPSA) is 12.9 Å². The molecule has 22 heavy (non-hydrogen) atoms. The molecule has 0 saturated heterocycles. The minimum absolute atomic E-state index is 0.0275. The Hall–Kier alpha value is -1.34. The lowest BCUT2D eigenvalue weighted by Gasteiger charge is -2.15. The molecule has 0 radical (unpaired) electrons. The second-order valence-electron chi connectivity index (χ2n) is 4.34. The van der Waals surface area contributed by atoms with Crippen molar-refractivity contribution in [2.45, 2.75) is 17.2 Å². The summed E-state index contributed by atoms with van der Waals surface area (Å²) in [6, 6.07) is 1.96. The van der Waals surface area contributed by atoms with Gasteiger partial charge >= 0.3 is 6.18 Å². The molecule has 2 rings (SSSR count). The number of hydrogen-bond acceptors (Lipinski definition) is 2. The number of thioether (sulfide) groups is 1. The van der Waals surface area contributed by atoms with Crippen LogP contribution in [0.1, 0.15) is 22.9 Å². The van der Waals surface area contributed by atoms with Gasteiger partial charge in [0, 0.05) is 22.9 Å². The molecule has 0 saturated carbocycles. The standard InChI is InChI=1S/C14H9ClF5NS/c1-22-11-6-21-5-9(15)12(11)13(17)7-2-3-8(10(16)4-7)14(18,19)20/h2-6,13H,1H3. The van der Waals surface area contributed by atoms with Gasteiger partial charge in [-0.1, -0.05) is 17.7 Å². The van der Waals surface area contributed by atoms with Crippen molar-refractivity contribution in [1.29, 1.82) is 0 Å². The highest BCUT2D eigenvalue weighted by atomic mass is 35.5. The van der Waals surface area contributed by atoms with Crippen LogP contribution in [0.3, 0.4) is 0 Å². The first-order chi connectivity index (χ1) is 10.3. The van der Waals surface area contributed by atoms with E-state index >= 15 is 0 Å². The SMILES string of the molecule is CSc1cncc(Cl)c1C(F)c1ccc(C(F)(F)F)c(F)c1. The molecule has 1 atom stereocenters. The first-order valence-corrected chi connectivity index (χ1v) is 7.54. The number of halogens is 6. The molecule has 1 aromatic carbocycles. The van der Waals surface area contributed by atoms with Crippen LogP contribution in [0.15, 0.2) is 35.5 Å². The van der Waals surface area contributed by atoms with E-state index in [0.717, 1.165) is 6.07 Å². The smallest absolute Gasteiger partial charge is 0.262 e. The molecule has 0 aliphatic rings. The first kappa shape index (κ1) is 17.0. The van der Waals surface area contributed by atoms with Crippen LogP contribution in [0.5, 0.6) is 0 Å². The first-order valence-electron chi connectivity index (χ1n) is 5.93. The summed E-state index contributed by atoms with van der Waals surface area (Å²) in [6.45, 7) is 0. The monoisotopic (exact) mass is 353 g/mol. The second-order valence-corrected chi connectivity index (χ2v) is 5.59. The van der Waals surface area contributed by atoms with Crippen LogP contribution < -0.4 is 0 Å². The van der Waals surface area contributed by atoms with Crippen molar-refractivity contribution >= 4 is 23.4 Å². The molecule has 1 heterocycles. The average molecular weight is 354 g/mol. The van der Waals surface area contributed by atoms with Gasteiger partial charge in [0.05, 0.1) is 10.6 Å². The zero-order chi connectivity index (χ0) is 16.5. The molecule has 0 bridgehead atoms. The van der Waals surface area contributed by atoms with E-state index in [0.29, 0.717) is 17.0 Å². The summed E-state index contributed by atoms with van der Waals surface area (Å²) in [7, 11) is 0. The highest BCUT2D eigenvalue weighted by Gasteiger charge is 2.34. The Morgan fingerprint density at radius 2 is 1.91 bits per heavy atom. The van der Waals surface area contributed by atoms with E-state index < -0.39 is 23.7 Å². The van der Waals surface area contributed by atoms with Gasteiger partial charge in [-0.3, -0.25) is 4.98 Å². The van der Waals surface area contributed by atoms with Crippen molar-refractivity contribution < 1.29 is 22.0 Å². The average Bonchev–Trinajstić information content (AvgIpc) is 2.44. The number of hydrogen-bond donors (Lipinski definition) is 0. The maximum absolute atomic E-state index is 14.6. The predicted molar refractivity (Wildman–Crippen MR) is 75.4 cm³/mol. The Morgan fingerprint density at radius 3 is 2.45 bits per heavy atom. The molecule has 0 amide bonds.